The van der Waals surface area contributed by atoms with E-state index in [-0.39, 0.29) is 0 Å². The van der Waals surface area contributed by atoms with Gasteiger partial charge in [-0.25, -0.2) is 4.98 Å². The van der Waals surface area contributed by atoms with Crippen LogP contribution < -0.4 is 5.73 Å². The highest BCUT2D eigenvalue weighted by atomic mass is 32.2. The Hall–Kier alpha value is -0.840. The molecule has 0 bridgehead atoms. The third kappa shape index (κ3) is 3.29. The van der Waals surface area contributed by atoms with Crippen LogP contribution in [0.2, 0.25) is 0 Å². The molecule has 24 heavy (non-hydrogen) atoms. The van der Waals surface area contributed by atoms with Crippen LogP contribution in [0, 0.1) is 0 Å². The zero-order valence-electron chi connectivity index (χ0n) is 14.4. The molecule has 2 aliphatic carbocycles. The summed E-state index contributed by atoms with van der Waals surface area (Å²) in [6.07, 6.45) is 8.36. The van der Waals surface area contributed by atoms with Crippen LogP contribution in [-0.2, 0) is 12.8 Å². The summed E-state index contributed by atoms with van der Waals surface area (Å²) in [5.74, 6) is 1.87. The van der Waals surface area contributed by atoms with E-state index in [9.17, 15) is 0 Å². The van der Waals surface area contributed by atoms with Crippen LogP contribution in [0.1, 0.15) is 61.8 Å². The van der Waals surface area contributed by atoms with Gasteiger partial charge in [-0.15, -0.1) is 11.3 Å². The summed E-state index contributed by atoms with van der Waals surface area (Å²) in [6.45, 7) is 2.25. The van der Waals surface area contributed by atoms with Crippen LogP contribution in [0.25, 0.3) is 10.4 Å². The molecule has 1 saturated carbocycles. The van der Waals surface area contributed by atoms with Crippen LogP contribution >= 0.6 is 23.1 Å². The lowest BCUT2D eigenvalue weighted by Crippen LogP contribution is -2.14. The number of hydrogen-bond acceptors (Lipinski definition) is 4. The van der Waals surface area contributed by atoms with Gasteiger partial charge < -0.3 is 5.73 Å². The van der Waals surface area contributed by atoms with Gasteiger partial charge in [-0.05, 0) is 61.1 Å². The summed E-state index contributed by atoms with van der Waals surface area (Å²) in [5, 5.41) is 0. The van der Waals surface area contributed by atoms with Crippen molar-refractivity contribution in [2.24, 2.45) is 5.73 Å². The number of fused-ring (bicyclic) bond motifs is 3. The fraction of sp³-hybridized carbons (Fsp3) is 0.550. The normalized spacial score (nSPS) is 22.4. The largest absolute Gasteiger partial charge is 0.328 e. The van der Waals surface area contributed by atoms with Crippen LogP contribution in [0.3, 0.4) is 0 Å². The molecular formula is C20H26N2S2. The lowest BCUT2D eigenvalue weighted by Gasteiger charge is -2.18. The van der Waals surface area contributed by atoms with Gasteiger partial charge in [0.1, 0.15) is 0 Å². The quantitative estimate of drug-likeness (QED) is 0.575. The summed E-state index contributed by atoms with van der Waals surface area (Å²) >= 11 is 3.83. The van der Waals surface area contributed by atoms with Gasteiger partial charge in [-0.2, -0.15) is 0 Å². The lowest BCUT2D eigenvalue weighted by atomic mass is 9.88. The molecule has 2 atom stereocenters. The topological polar surface area (TPSA) is 38.9 Å². The molecule has 1 heterocycles. The van der Waals surface area contributed by atoms with Gasteiger partial charge in [-0.3, -0.25) is 0 Å². The fourth-order valence-corrected chi connectivity index (χ4v) is 6.37. The average molecular weight is 359 g/mol. The molecule has 2 N–H and O–H groups in total. The molecule has 0 aliphatic heterocycles. The van der Waals surface area contributed by atoms with Gasteiger partial charge in [-0.1, -0.05) is 43.3 Å². The summed E-state index contributed by atoms with van der Waals surface area (Å²) in [4.78, 5) is 6.32. The monoisotopic (exact) mass is 358 g/mol. The molecule has 0 spiro atoms. The van der Waals surface area contributed by atoms with E-state index in [1.165, 1.54) is 63.0 Å². The Morgan fingerprint density at radius 1 is 1.29 bits per heavy atom. The van der Waals surface area contributed by atoms with Crippen molar-refractivity contribution in [1.29, 1.82) is 0 Å². The number of thioether (sulfide) groups is 1. The van der Waals surface area contributed by atoms with E-state index in [1.54, 1.807) is 0 Å². The number of benzene rings is 1. The maximum Gasteiger partial charge on any atom is 0.150 e. The molecule has 2 unspecified atom stereocenters. The van der Waals surface area contributed by atoms with Crippen LogP contribution in [0.4, 0.5) is 0 Å². The van der Waals surface area contributed by atoms with Crippen molar-refractivity contribution in [3.63, 3.8) is 0 Å². The van der Waals surface area contributed by atoms with Crippen molar-refractivity contribution in [3.8, 4) is 10.4 Å². The fourth-order valence-electron chi connectivity index (χ4n) is 3.94. The van der Waals surface area contributed by atoms with Crippen molar-refractivity contribution in [2.75, 3.05) is 5.75 Å². The van der Waals surface area contributed by atoms with Crippen molar-refractivity contribution < 1.29 is 0 Å². The Balaban J connectivity index is 1.57. The Labute approximate surface area is 153 Å². The number of unbranched alkanes of at least 4 members (excludes halogenated alkanes) is 1. The van der Waals surface area contributed by atoms with Gasteiger partial charge in [0.25, 0.3) is 0 Å². The minimum Gasteiger partial charge on any atom is -0.328 e. The molecule has 2 aliphatic rings. The van der Waals surface area contributed by atoms with E-state index in [4.69, 9.17) is 10.7 Å². The van der Waals surface area contributed by atoms with E-state index in [2.05, 4.69) is 25.1 Å². The van der Waals surface area contributed by atoms with Crippen molar-refractivity contribution >= 4 is 23.1 Å². The highest BCUT2D eigenvalue weighted by molar-refractivity contribution is 8.01. The first-order chi connectivity index (χ1) is 11.7. The van der Waals surface area contributed by atoms with Gasteiger partial charge in [0, 0.05) is 11.8 Å². The van der Waals surface area contributed by atoms with Gasteiger partial charge in [0.15, 0.2) is 4.34 Å². The van der Waals surface area contributed by atoms with Gasteiger partial charge in [0.2, 0.25) is 0 Å². The van der Waals surface area contributed by atoms with Crippen molar-refractivity contribution in [3.05, 3.63) is 35.0 Å². The second kappa shape index (κ2) is 7.19. The Morgan fingerprint density at radius 3 is 3.00 bits per heavy atom. The Kier molecular flexibility index (Phi) is 4.98. The molecule has 128 valence electrons. The highest BCUT2D eigenvalue weighted by Crippen LogP contribution is 2.42. The van der Waals surface area contributed by atoms with Crippen LogP contribution in [-0.4, -0.2) is 16.8 Å². The minimum atomic E-state index is 0.404. The number of aromatic nitrogens is 1. The van der Waals surface area contributed by atoms with Crippen molar-refractivity contribution in [2.45, 2.75) is 68.2 Å². The van der Waals surface area contributed by atoms with E-state index in [0.717, 1.165) is 19.3 Å². The SMILES string of the molecule is CCCCSc1nc2c(s1)-c1ccc(C3CCC(N)C3)cc1CC2. The van der Waals surface area contributed by atoms with Crippen LogP contribution in [0.5, 0.6) is 0 Å². The standard InChI is InChI=1S/C20H26N2S2/c1-2-3-10-23-20-22-18-9-6-15-11-13(14-4-7-16(21)12-14)5-8-17(15)19(18)24-20/h5,8,11,14,16H,2-4,6-7,9-10,12,21H2,1H3. The second-order valence-corrected chi connectivity index (χ2v) is 9.49. The smallest absolute Gasteiger partial charge is 0.150 e. The van der Waals surface area contributed by atoms with E-state index in [1.807, 2.05) is 23.1 Å². The number of rotatable bonds is 5. The molecule has 1 aromatic carbocycles. The predicted molar refractivity (Wildman–Crippen MR) is 105 cm³/mol. The zero-order chi connectivity index (χ0) is 16.5. The maximum atomic E-state index is 6.11. The number of thiazole rings is 1. The number of nitrogens with zero attached hydrogens (tertiary/aromatic N) is 1. The van der Waals surface area contributed by atoms with E-state index >= 15 is 0 Å². The highest BCUT2D eigenvalue weighted by Gasteiger charge is 2.26. The molecule has 4 heteroatoms. The molecule has 0 amide bonds. The number of hydrogen-bond donors (Lipinski definition) is 1. The number of aryl methyl sites for hydroxylation is 2. The Morgan fingerprint density at radius 2 is 2.21 bits per heavy atom. The first-order valence-electron chi connectivity index (χ1n) is 9.26. The summed E-state index contributed by atoms with van der Waals surface area (Å²) in [5.41, 5.74) is 11.9. The summed E-state index contributed by atoms with van der Waals surface area (Å²) in [7, 11) is 0. The zero-order valence-corrected chi connectivity index (χ0v) is 16.0. The third-order valence-corrected chi connectivity index (χ3v) is 7.71. The third-order valence-electron chi connectivity index (χ3n) is 5.35. The first-order valence-corrected chi connectivity index (χ1v) is 11.1. The first kappa shape index (κ1) is 16.6. The molecule has 4 rings (SSSR count). The maximum absolute atomic E-state index is 6.11. The summed E-state index contributed by atoms with van der Waals surface area (Å²) in [6, 6.07) is 7.57. The predicted octanol–water partition coefficient (Wildman–Crippen LogP) is 5.40. The second-order valence-electron chi connectivity index (χ2n) is 7.14. The molecular weight excluding hydrogens is 332 g/mol. The molecule has 0 radical (unpaired) electrons. The van der Waals surface area contributed by atoms with Gasteiger partial charge >= 0.3 is 0 Å². The van der Waals surface area contributed by atoms with E-state index in [0.29, 0.717) is 12.0 Å². The molecule has 1 fully saturated rings. The van der Waals surface area contributed by atoms with Gasteiger partial charge in [0.05, 0.1) is 10.6 Å². The van der Waals surface area contributed by atoms with Crippen LogP contribution in [0.15, 0.2) is 22.5 Å². The Bertz CT molecular complexity index is 722. The molecule has 0 saturated heterocycles. The average Bonchev–Trinajstić information content (AvgIpc) is 3.20. The summed E-state index contributed by atoms with van der Waals surface area (Å²) < 4.78 is 1.26. The molecule has 2 nitrogen and oxygen atoms in total. The number of nitrogens with two attached hydrogens (primary N) is 1. The minimum absolute atomic E-state index is 0.404. The van der Waals surface area contributed by atoms with E-state index < -0.39 is 0 Å². The van der Waals surface area contributed by atoms with Crippen molar-refractivity contribution in [1.82, 2.24) is 4.98 Å². The molecule has 1 aromatic heterocycles. The lowest BCUT2D eigenvalue weighted by molar-refractivity contribution is 0.674. The molecule has 2 aromatic rings.